The van der Waals surface area contributed by atoms with Gasteiger partial charge in [-0.15, -0.1) is 0 Å². The van der Waals surface area contributed by atoms with E-state index in [1.165, 1.54) is 0 Å². The molecule has 0 atom stereocenters. The van der Waals surface area contributed by atoms with E-state index in [2.05, 4.69) is 15.9 Å². The first kappa shape index (κ1) is 13.0. The molecule has 5 heteroatoms. The molecular formula is C11H14BrNO3. The number of hydrogen-bond acceptors (Lipinski definition) is 4. The Labute approximate surface area is 103 Å². The summed E-state index contributed by atoms with van der Waals surface area (Å²) in [7, 11) is 0. The standard InChI is InChI=1S/C11H14BrNO3/c12-10-8(4-3-5-9(10)13)11(15)16-7-2-1-6-14/h3-5,14H,1-2,6-7,13H2. The smallest absolute Gasteiger partial charge is 0.339 e. The largest absolute Gasteiger partial charge is 0.462 e. The molecule has 3 N–H and O–H groups in total. The number of ether oxygens (including phenoxy) is 1. The lowest BCUT2D eigenvalue weighted by molar-refractivity contribution is 0.0491. The third kappa shape index (κ3) is 3.50. The second-order valence-electron chi connectivity index (χ2n) is 3.28. The van der Waals surface area contributed by atoms with E-state index in [-0.39, 0.29) is 6.61 Å². The number of rotatable bonds is 5. The van der Waals surface area contributed by atoms with Crippen molar-refractivity contribution in [1.82, 2.24) is 0 Å². The molecule has 0 unspecified atom stereocenters. The summed E-state index contributed by atoms with van der Waals surface area (Å²) in [5, 5.41) is 8.56. The summed E-state index contributed by atoms with van der Waals surface area (Å²) in [6.45, 7) is 0.417. The zero-order chi connectivity index (χ0) is 12.0. The number of hydrogen-bond donors (Lipinski definition) is 2. The Hall–Kier alpha value is -1.07. The minimum atomic E-state index is -0.405. The average Bonchev–Trinajstić information content (AvgIpc) is 2.28. The van der Waals surface area contributed by atoms with Crippen LogP contribution in [0, 0.1) is 0 Å². The topological polar surface area (TPSA) is 72.6 Å². The van der Waals surface area contributed by atoms with Gasteiger partial charge in [0.25, 0.3) is 0 Å². The van der Waals surface area contributed by atoms with Crippen molar-refractivity contribution < 1.29 is 14.6 Å². The van der Waals surface area contributed by atoms with Gasteiger partial charge in [0.2, 0.25) is 0 Å². The van der Waals surface area contributed by atoms with Crippen molar-refractivity contribution in [2.45, 2.75) is 12.8 Å². The number of carbonyl (C=O) groups is 1. The quantitative estimate of drug-likeness (QED) is 0.493. The summed E-state index contributed by atoms with van der Waals surface area (Å²) < 4.78 is 5.59. The Kier molecular flexibility index (Phi) is 5.28. The van der Waals surface area contributed by atoms with Crippen molar-refractivity contribution >= 4 is 27.6 Å². The Balaban J connectivity index is 2.56. The summed E-state index contributed by atoms with van der Waals surface area (Å²) in [6, 6.07) is 5.05. The Bertz CT molecular complexity index is 368. The molecule has 0 spiro atoms. The van der Waals surface area contributed by atoms with Crippen LogP contribution in [0.3, 0.4) is 0 Å². The van der Waals surface area contributed by atoms with Gasteiger partial charge in [-0.1, -0.05) is 6.07 Å². The minimum absolute atomic E-state index is 0.111. The fourth-order valence-corrected chi connectivity index (χ4v) is 1.59. The molecule has 0 aliphatic heterocycles. The van der Waals surface area contributed by atoms with Gasteiger partial charge >= 0.3 is 5.97 Å². The lowest BCUT2D eigenvalue weighted by atomic mass is 10.2. The summed E-state index contributed by atoms with van der Waals surface area (Å²) >= 11 is 3.24. The summed E-state index contributed by atoms with van der Waals surface area (Å²) in [5.41, 5.74) is 6.57. The second kappa shape index (κ2) is 6.50. The van der Waals surface area contributed by atoms with Crippen molar-refractivity contribution in [3.8, 4) is 0 Å². The van der Waals surface area contributed by atoms with Crippen molar-refractivity contribution in [3.05, 3.63) is 28.2 Å². The van der Waals surface area contributed by atoms with Crippen molar-refractivity contribution in [1.29, 1.82) is 0 Å². The molecule has 0 amide bonds. The van der Waals surface area contributed by atoms with Crippen LogP contribution in [-0.4, -0.2) is 24.3 Å². The SMILES string of the molecule is Nc1cccc(C(=O)OCCCCO)c1Br. The maximum Gasteiger partial charge on any atom is 0.339 e. The molecular weight excluding hydrogens is 274 g/mol. The van der Waals surface area contributed by atoms with Crippen LogP contribution in [0.2, 0.25) is 0 Å². The number of esters is 1. The molecule has 0 aromatic heterocycles. The molecule has 1 aromatic rings. The fraction of sp³-hybridized carbons (Fsp3) is 0.364. The first-order valence-corrected chi connectivity index (χ1v) is 5.78. The lowest BCUT2D eigenvalue weighted by Crippen LogP contribution is -2.08. The Morgan fingerprint density at radius 3 is 2.88 bits per heavy atom. The zero-order valence-electron chi connectivity index (χ0n) is 8.78. The summed E-state index contributed by atoms with van der Waals surface area (Å²) in [4.78, 5) is 11.6. The number of nitrogen functional groups attached to an aromatic ring is 1. The van der Waals surface area contributed by atoms with E-state index in [4.69, 9.17) is 15.6 Å². The number of nitrogens with two attached hydrogens (primary N) is 1. The monoisotopic (exact) mass is 287 g/mol. The molecule has 0 saturated carbocycles. The van der Waals surface area contributed by atoms with E-state index in [0.717, 1.165) is 0 Å². The van der Waals surface area contributed by atoms with Crippen LogP contribution in [0.4, 0.5) is 5.69 Å². The molecule has 0 saturated heterocycles. The van der Waals surface area contributed by atoms with Gasteiger partial charge in [0, 0.05) is 12.3 Å². The molecule has 0 radical (unpaired) electrons. The van der Waals surface area contributed by atoms with Crippen molar-refractivity contribution in [3.63, 3.8) is 0 Å². The van der Waals surface area contributed by atoms with Gasteiger partial charge in [-0.2, -0.15) is 0 Å². The van der Waals surface area contributed by atoms with Crippen LogP contribution >= 0.6 is 15.9 Å². The highest BCUT2D eigenvalue weighted by molar-refractivity contribution is 9.10. The molecule has 16 heavy (non-hydrogen) atoms. The first-order valence-electron chi connectivity index (χ1n) is 4.98. The van der Waals surface area contributed by atoms with Gasteiger partial charge < -0.3 is 15.6 Å². The molecule has 0 aliphatic rings. The highest BCUT2D eigenvalue weighted by atomic mass is 79.9. The van der Waals surface area contributed by atoms with Crippen LogP contribution in [0.1, 0.15) is 23.2 Å². The number of carbonyl (C=O) groups excluding carboxylic acids is 1. The average molecular weight is 288 g/mol. The van der Waals surface area contributed by atoms with E-state index in [1.54, 1.807) is 18.2 Å². The fourth-order valence-electron chi connectivity index (χ4n) is 1.16. The lowest BCUT2D eigenvalue weighted by Gasteiger charge is -2.07. The molecule has 0 heterocycles. The van der Waals surface area contributed by atoms with E-state index in [1.807, 2.05) is 0 Å². The third-order valence-corrected chi connectivity index (χ3v) is 2.92. The van der Waals surface area contributed by atoms with E-state index < -0.39 is 5.97 Å². The molecule has 4 nitrogen and oxygen atoms in total. The molecule has 0 bridgehead atoms. The number of anilines is 1. The van der Waals surface area contributed by atoms with Crippen molar-refractivity contribution in [2.24, 2.45) is 0 Å². The number of benzene rings is 1. The summed E-state index contributed by atoms with van der Waals surface area (Å²) in [6.07, 6.45) is 1.29. The van der Waals surface area contributed by atoms with Crippen LogP contribution in [0.25, 0.3) is 0 Å². The van der Waals surface area contributed by atoms with Crippen LogP contribution in [0.5, 0.6) is 0 Å². The van der Waals surface area contributed by atoms with Crippen LogP contribution in [-0.2, 0) is 4.74 Å². The highest BCUT2D eigenvalue weighted by Gasteiger charge is 2.12. The Morgan fingerprint density at radius 1 is 1.44 bits per heavy atom. The normalized spacial score (nSPS) is 10.1. The number of halogens is 1. The van der Waals surface area contributed by atoms with Gasteiger partial charge in [0.15, 0.2) is 0 Å². The van der Waals surface area contributed by atoms with Gasteiger partial charge in [-0.25, -0.2) is 4.79 Å². The molecule has 1 aromatic carbocycles. The van der Waals surface area contributed by atoms with Gasteiger partial charge in [-0.05, 0) is 40.9 Å². The van der Waals surface area contributed by atoms with Crippen LogP contribution < -0.4 is 5.73 Å². The molecule has 88 valence electrons. The third-order valence-electron chi connectivity index (χ3n) is 2.03. The number of aliphatic hydroxyl groups excluding tert-OH is 1. The van der Waals surface area contributed by atoms with E-state index >= 15 is 0 Å². The van der Waals surface area contributed by atoms with Crippen molar-refractivity contribution in [2.75, 3.05) is 18.9 Å². The van der Waals surface area contributed by atoms with E-state index in [0.29, 0.717) is 35.2 Å². The first-order chi connectivity index (χ1) is 7.66. The van der Waals surface area contributed by atoms with E-state index in [9.17, 15) is 4.79 Å². The zero-order valence-corrected chi connectivity index (χ0v) is 10.4. The number of unbranched alkanes of at least 4 members (excludes halogenated alkanes) is 1. The maximum atomic E-state index is 11.6. The predicted molar refractivity (Wildman–Crippen MR) is 65.2 cm³/mol. The molecule has 1 rings (SSSR count). The summed E-state index contributed by atoms with van der Waals surface area (Å²) in [5.74, 6) is -0.405. The predicted octanol–water partition coefficient (Wildman–Crippen LogP) is 1.96. The molecule has 0 aliphatic carbocycles. The van der Waals surface area contributed by atoms with Gasteiger partial charge in [0.05, 0.1) is 16.6 Å². The van der Waals surface area contributed by atoms with Gasteiger partial charge in [0.1, 0.15) is 0 Å². The second-order valence-corrected chi connectivity index (χ2v) is 4.07. The number of aliphatic hydroxyl groups is 1. The van der Waals surface area contributed by atoms with Gasteiger partial charge in [-0.3, -0.25) is 0 Å². The highest BCUT2D eigenvalue weighted by Crippen LogP contribution is 2.24. The molecule has 0 fully saturated rings. The van der Waals surface area contributed by atoms with Crippen LogP contribution in [0.15, 0.2) is 22.7 Å². The Morgan fingerprint density at radius 2 is 2.19 bits per heavy atom. The minimum Gasteiger partial charge on any atom is -0.462 e. The maximum absolute atomic E-state index is 11.6.